The van der Waals surface area contributed by atoms with Gasteiger partial charge >= 0.3 is 0 Å². The van der Waals surface area contributed by atoms with E-state index in [2.05, 4.69) is 60.2 Å². The Morgan fingerprint density at radius 1 is 1.30 bits per heavy atom. The van der Waals surface area contributed by atoms with Gasteiger partial charge in [0.1, 0.15) is 0 Å². The minimum absolute atomic E-state index is 0. The molecule has 0 amide bonds. The SMILES string of the molecule is CN=C(NCC(C)(C)N1CCOCC1)NC(C)Cc1c(C)nn(C)c1C.I. The Hall–Kier alpha value is -0.870. The first-order valence-electron chi connectivity index (χ1n) is 9.53. The van der Waals surface area contributed by atoms with Gasteiger partial charge in [-0.2, -0.15) is 5.10 Å². The molecule has 0 saturated carbocycles. The Labute approximate surface area is 181 Å². The van der Waals surface area contributed by atoms with E-state index in [1.807, 2.05) is 18.8 Å². The van der Waals surface area contributed by atoms with Crippen molar-refractivity contribution in [3.63, 3.8) is 0 Å². The molecule has 0 radical (unpaired) electrons. The molecule has 1 aliphatic rings. The molecule has 1 aliphatic heterocycles. The highest BCUT2D eigenvalue weighted by molar-refractivity contribution is 14.0. The largest absolute Gasteiger partial charge is 0.379 e. The third kappa shape index (κ3) is 6.60. The highest BCUT2D eigenvalue weighted by Crippen LogP contribution is 2.16. The fraction of sp³-hybridized carbons (Fsp3) is 0.789. The first-order valence-corrected chi connectivity index (χ1v) is 9.53. The molecule has 1 fully saturated rings. The van der Waals surface area contributed by atoms with Gasteiger partial charge in [-0.05, 0) is 46.6 Å². The van der Waals surface area contributed by atoms with Crippen molar-refractivity contribution in [2.45, 2.75) is 52.6 Å². The number of hydrogen-bond donors (Lipinski definition) is 2. The molecule has 7 nitrogen and oxygen atoms in total. The molecule has 2 heterocycles. The van der Waals surface area contributed by atoms with E-state index >= 15 is 0 Å². The number of nitrogens with one attached hydrogen (secondary N) is 2. The minimum Gasteiger partial charge on any atom is -0.379 e. The van der Waals surface area contributed by atoms with Crippen LogP contribution in [0.1, 0.15) is 37.7 Å². The highest BCUT2D eigenvalue weighted by atomic mass is 127. The van der Waals surface area contributed by atoms with Crippen molar-refractivity contribution in [1.82, 2.24) is 25.3 Å². The van der Waals surface area contributed by atoms with Crippen LogP contribution in [-0.4, -0.2) is 72.1 Å². The maximum absolute atomic E-state index is 5.47. The van der Waals surface area contributed by atoms with E-state index < -0.39 is 0 Å². The van der Waals surface area contributed by atoms with Crippen LogP contribution in [0.3, 0.4) is 0 Å². The summed E-state index contributed by atoms with van der Waals surface area (Å²) in [5.41, 5.74) is 3.71. The quantitative estimate of drug-likeness (QED) is 0.361. The summed E-state index contributed by atoms with van der Waals surface area (Å²) in [6.07, 6.45) is 0.930. The standard InChI is InChI=1S/C19H36N6O.HI/c1-14(12-17-15(2)23-24(7)16(17)3)22-18(20-6)21-13-19(4,5)25-8-10-26-11-9-25;/h14H,8-13H2,1-7H3,(H2,20,21,22);1H. The lowest BCUT2D eigenvalue weighted by molar-refractivity contribution is -0.00834. The second-order valence-electron chi connectivity index (χ2n) is 7.86. The first-order chi connectivity index (χ1) is 12.2. The molecule has 156 valence electrons. The normalized spacial score (nSPS) is 17.4. The molecule has 0 spiro atoms. The summed E-state index contributed by atoms with van der Waals surface area (Å²) in [7, 11) is 3.82. The van der Waals surface area contributed by atoms with E-state index in [9.17, 15) is 0 Å². The lowest BCUT2D eigenvalue weighted by Crippen LogP contribution is -2.57. The van der Waals surface area contributed by atoms with Crippen LogP contribution in [0.5, 0.6) is 0 Å². The second kappa shape index (κ2) is 10.6. The molecule has 1 atom stereocenters. The van der Waals surface area contributed by atoms with Crippen molar-refractivity contribution in [3.8, 4) is 0 Å². The number of guanidine groups is 1. The zero-order chi connectivity index (χ0) is 19.3. The van der Waals surface area contributed by atoms with Gasteiger partial charge in [0.2, 0.25) is 0 Å². The van der Waals surface area contributed by atoms with Gasteiger partial charge < -0.3 is 15.4 Å². The molecule has 0 aliphatic carbocycles. The topological polar surface area (TPSA) is 66.7 Å². The van der Waals surface area contributed by atoms with Crippen LogP contribution in [0.15, 0.2) is 4.99 Å². The molecular weight excluding hydrogens is 455 g/mol. The molecule has 0 bridgehead atoms. The van der Waals surface area contributed by atoms with Crippen molar-refractivity contribution in [2.24, 2.45) is 12.0 Å². The van der Waals surface area contributed by atoms with Crippen molar-refractivity contribution in [3.05, 3.63) is 17.0 Å². The molecule has 2 N–H and O–H groups in total. The van der Waals surface area contributed by atoms with Gasteiger partial charge in [-0.15, -0.1) is 24.0 Å². The fourth-order valence-electron chi connectivity index (χ4n) is 3.48. The van der Waals surface area contributed by atoms with Gasteiger partial charge in [-0.25, -0.2) is 0 Å². The Morgan fingerprint density at radius 2 is 1.93 bits per heavy atom. The van der Waals surface area contributed by atoms with Gasteiger partial charge in [-0.3, -0.25) is 14.6 Å². The molecule has 27 heavy (non-hydrogen) atoms. The van der Waals surface area contributed by atoms with E-state index in [0.29, 0.717) is 0 Å². The number of nitrogens with zero attached hydrogens (tertiary/aromatic N) is 4. The molecule has 1 saturated heterocycles. The van der Waals surface area contributed by atoms with E-state index in [1.54, 1.807) is 0 Å². The molecule has 8 heteroatoms. The average molecular weight is 492 g/mol. The van der Waals surface area contributed by atoms with Gasteiger partial charge in [0.05, 0.1) is 18.9 Å². The molecule has 2 rings (SSSR count). The van der Waals surface area contributed by atoms with Gasteiger partial charge in [0.15, 0.2) is 5.96 Å². The van der Waals surface area contributed by atoms with Crippen molar-refractivity contribution in [2.75, 3.05) is 39.9 Å². The highest BCUT2D eigenvalue weighted by Gasteiger charge is 2.28. The summed E-state index contributed by atoms with van der Waals surface area (Å²) >= 11 is 0. The van der Waals surface area contributed by atoms with Gasteiger partial charge in [0, 0.05) is 51.0 Å². The molecule has 0 aromatic carbocycles. The number of rotatable bonds is 6. The van der Waals surface area contributed by atoms with Crippen LogP contribution in [0.2, 0.25) is 0 Å². The number of ether oxygens (including phenoxy) is 1. The molecule has 1 aromatic rings. The van der Waals surface area contributed by atoms with E-state index in [-0.39, 0.29) is 35.6 Å². The van der Waals surface area contributed by atoms with Gasteiger partial charge in [-0.1, -0.05) is 0 Å². The molecule has 1 unspecified atom stereocenters. The smallest absolute Gasteiger partial charge is 0.191 e. The van der Waals surface area contributed by atoms with Crippen LogP contribution in [0, 0.1) is 13.8 Å². The zero-order valence-electron chi connectivity index (χ0n) is 17.9. The number of halogens is 1. The Morgan fingerprint density at radius 3 is 2.44 bits per heavy atom. The number of aliphatic imine (C=N–C) groups is 1. The average Bonchev–Trinajstić information content (AvgIpc) is 2.85. The van der Waals surface area contributed by atoms with Crippen LogP contribution in [-0.2, 0) is 18.2 Å². The summed E-state index contributed by atoms with van der Waals surface area (Å²) in [5, 5.41) is 11.5. The van der Waals surface area contributed by atoms with Crippen molar-refractivity contribution < 1.29 is 4.74 Å². The number of aryl methyl sites for hydroxylation is 2. The third-order valence-electron chi connectivity index (χ3n) is 5.33. The zero-order valence-corrected chi connectivity index (χ0v) is 20.3. The van der Waals surface area contributed by atoms with Crippen LogP contribution >= 0.6 is 24.0 Å². The summed E-state index contributed by atoms with van der Waals surface area (Å²) in [5.74, 6) is 0.845. The Balaban J connectivity index is 0.00000364. The monoisotopic (exact) mass is 492 g/mol. The summed E-state index contributed by atoms with van der Waals surface area (Å²) in [6, 6.07) is 0.272. The van der Waals surface area contributed by atoms with Crippen molar-refractivity contribution in [1.29, 1.82) is 0 Å². The lowest BCUT2D eigenvalue weighted by atomic mass is 10.0. The predicted molar refractivity (Wildman–Crippen MR) is 122 cm³/mol. The van der Waals surface area contributed by atoms with Gasteiger partial charge in [0.25, 0.3) is 0 Å². The lowest BCUT2D eigenvalue weighted by Gasteiger charge is -2.41. The van der Waals surface area contributed by atoms with E-state index in [0.717, 1.165) is 50.9 Å². The predicted octanol–water partition coefficient (Wildman–Crippen LogP) is 1.86. The van der Waals surface area contributed by atoms with Crippen molar-refractivity contribution >= 4 is 29.9 Å². The third-order valence-corrected chi connectivity index (χ3v) is 5.33. The van der Waals surface area contributed by atoms with E-state index in [1.165, 1.54) is 11.3 Å². The van der Waals surface area contributed by atoms with Crippen LogP contribution < -0.4 is 10.6 Å². The Kier molecular flexibility index (Phi) is 9.50. The summed E-state index contributed by atoms with van der Waals surface area (Å²) in [4.78, 5) is 6.87. The number of aromatic nitrogens is 2. The number of morpholine rings is 1. The fourth-order valence-corrected chi connectivity index (χ4v) is 3.48. The van der Waals surface area contributed by atoms with Crippen LogP contribution in [0.25, 0.3) is 0 Å². The molecule has 1 aromatic heterocycles. The maximum Gasteiger partial charge on any atom is 0.191 e. The summed E-state index contributed by atoms with van der Waals surface area (Å²) in [6.45, 7) is 15.4. The second-order valence-corrected chi connectivity index (χ2v) is 7.86. The first kappa shape index (κ1) is 24.2. The maximum atomic E-state index is 5.47. The summed E-state index contributed by atoms with van der Waals surface area (Å²) < 4.78 is 7.42. The van der Waals surface area contributed by atoms with E-state index in [4.69, 9.17) is 4.74 Å². The molecular formula is C19H37IN6O. The number of hydrogen-bond acceptors (Lipinski definition) is 4. The minimum atomic E-state index is 0. The Bertz CT molecular complexity index is 622. The van der Waals surface area contributed by atoms with Crippen LogP contribution in [0.4, 0.5) is 0 Å².